The fraction of sp³-hybridized carbons (Fsp3) is 0.385. The molecule has 1 saturated heterocycles. The molecular formula is C26H29ClN4O4S. The molecule has 2 aliphatic rings. The number of nitrogens with one attached hydrogen (secondary N) is 2. The van der Waals surface area contributed by atoms with Crippen molar-refractivity contribution in [3.05, 3.63) is 59.1 Å². The molecular weight excluding hydrogens is 500 g/mol. The number of fused-ring (bicyclic) bond motifs is 1. The van der Waals surface area contributed by atoms with Crippen molar-refractivity contribution < 1.29 is 19.2 Å². The van der Waals surface area contributed by atoms with E-state index in [0.717, 1.165) is 10.5 Å². The molecule has 2 N–H and O–H groups in total. The summed E-state index contributed by atoms with van der Waals surface area (Å²) in [5.41, 5.74) is 1.42. The van der Waals surface area contributed by atoms with E-state index in [1.165, 1.54) is 16.7 Å². The maximum Gasteiger partial charge on any atom is 0.251 e. The van der Waals surface area contributed by atoms with Crippen LogP contribution in [0.15, 0.2) is 53.4 Å². The van der Waals surface area contributed by atoms with E-state index in [9.17, 15) is 19.2 Å². The SMILES string of the molecule is CCN(CC)C(=O)CN1C(=O)[C@@H](NC(=O)[C@@H]2CCC(=O)N2)[C@H](c2ccccc2)Sc2cc(Cl)ccc21. The van der Waals surface area contributed by atoms with Gasteiger partial charge in [0.2, 0.25) is 17.7 Å². The number of hydrogen-bond donors (Lipinski definition) is 2. The lowest BCUT2D eigenvalue weighted by molar-refractivity contribution is -0.132. The first-order chi connectivity index (χ1) is 17.3. The Kier molecular flexibility index (Phi) is 8.21. The van der Waals surface area contributed by atoms with E-state index >= 15 is 0 Å². The van der Waals surface area contributed by atoms with Crippen LogP contribution in [0.1, 0.15) is 37.5 Å². The zero-order valence-corrected chi connectivity index (χ0v) is 21.8. The first kappa shape index (κ1) is 26.0. The van der Waals surface area contributed by atoms with Crippen LogP contribution >= 0.6 is 23.4 Å². The van der Waals surface area contributed by atoms with Gasteiger partial charge in [-0.25, -0.2) is 0 Å². The van der Waals surface area contributed by atoms with Crippen molar-refractivity contribution in [2.24, 2.45) is 0 Å². The number of halogens is 1. The normalized spacial score (nSPS) is 21.4. The van der Waals surface area contributed by atoms with Crippen molar-refractivity contribution in [2.75, 3.05) is 24.5 Å². The molecule has 8 nitrogen and oxygen atoms in total. The van der Waals surface area contributed by atoms with Gasteiger partial charge in [0.05, 0.1) is 10.9 Å². The Labute approximate surface area is 219 Å². The first-order valence-corrected chi connectivity index (χ1v) is 13.3. The number of rotatable bonds is 7. The molecule has 0 radical (unpaired) electrons. The van der Waals surface area contributed by atoms with Crippen molar-refractivity contribution in [1.29, 1.82) is 0 Å². The summed E-state index contributed by atoms with van der Waals surface area (Å²) in [6.45, 7) is 4.66. The van der Waals surface area contributed by atoms with E-state index in [1.54, 1.807) is 23.1 Å². The fourth-order valence-electron chi connectivity index (χ4n) is 4.51. The van der Waals surface area contributed by atoms with E-state index in [4.69, 9.17) is 11.6 Å². The molecule has 2 aromatic carbocycles. The van der Waals surface area contributed by atoms with Crippen LogP contribution < -0.4 is 15.5 Å². The average molecular weight is 529 g/mol. The minimum atomic E-state index is -0.974. The predicted octanol–water partition coefficient (Wildman–Crippen LogP) is 3.15. The van der Waals surface area contributed by atoms with Crippen LogP contribution in [0.3, 0.4) is 0 Å². The molecule has 190 valence electrons. The maximum absolute atomic E-state index is 14.1. The Morgan fingerprint density at radius 2 is 1.86 bits per heavy atom. The highest BCUT2D eigenvalue weighted by atomic mass is 35.5. The lowest BCUT2D eigenvalue weighted by Crippen LogP contribution is -2.55. The molecule has 10 heteroatoms. The third-order valence-electron chi connectivity index (χ3n) is 6.45. The largest absolute Gasteiger partial charge is 0.344 e. The molecule has 3 atom stereocenters. The highest BCUT2D eigenvalue weighted by molar-refractivity contribution is 7.99. The van der Waals surface area contributed by atoms with Gasteiger partial charge in [0, 0.05) is 29.4 Å². The van der Waals surface area contributed by atoms with Crippen LogP contribution in [0.25, 0.3) is 0 Å². The number of thioether (sulfide) groups is 1. The molecule has 36 heavy (non-hydrogen) atoms. The highest BCUT2D eigenvalue weighted by Crippen LogP contribution is 2.46. The van der Waals surface area contributed by atoms with Crippen LogP contribution in [-0.4, -0.2) is 60.2 Å². The molecule has 4 rings (SSSR count). The first-order valence-electron chi connectivity index (χ1n) is 12.0. The van der Waals surface area contributed by atoms with E-state index in [0.29, 0.717) is 30.2 Å². The third kappa shape index (κ3) is 5.52. The number of nitrogens with zero attached hydrogens (tertiary/aromatic N) is 2. The van der Waals surface area contributed by atoms with E-state index in [1.807, 2.05) is 44.2 Å². The molecule has 2 heterocycles. The number of hydrogen-bond acceptors (Lipinski definition) is 5. The lowest BCUT2D eigenvalue weighted by Gasteiger charge is -2.30. The average Bonchev–Trinajstić information content (AvgIpc) is 3.28. The van der Waals surface area contributed by atoms with Crippen LogP contribution in [0.5, 0.6) is 0 Å². The predicted molar refractivity (Wildman–Crippen MR) is 140 cm³/mol. The minimum absolute atomic E-state index is 0.163. The molecule has 2 aromatic rings. The molecule has 0 bridgehead atoms. The molecule has 0 saturated carbocycles. The van der Waals surface area contributed by atoms with Crippen molar-refractivity contribution in [3.8, 4) is 0 Å². The summed E-state index contributed by atoms with van der Waals surface area (Å²) < 4.78 is 0. The van der Waals surface area contributed by atoms with Gasteiger partial charge in [-0.15, -0.1) is 11.8 Å². The molecule has 2 aliphatic heterocycles. The molecule has 4 amide bonds. The standard InChI is InChI=1S/C26H29ClN4O4S/c1-3-30(4-2)22(33)15-31-19-12-10-17(27)14-20(19)36-24(16-8-6-5-7-9-16)23(26(31)35)29-25(34)18-11-13-21(32)28-18/h5-10,12,14,18,23-24H,3-4,11,13,15H2,1-2H3,(H,28,32)(H,29,34)/t18-,23-,24-/m0/s1. The van der Waals surface area contributed by atoms with Crippen LogP contribution in [-0.2, 0) is 19.2 Å². The Hall–Kier alpha value is -3.04. The van der Waals surface area contributed by atoms with Gasteiger partial charge in [0.1, 0.15) is 18.6 Å². The Morgan fingerprint density at radius 3 is 2.50 bits per heavy atom. The summed E-state index contributed by atoms with van der Waals surface area (Å²) in [6, 6.07) is 13.0. The number of carbonyl (C=O) groups is 4. The summed E-state index contributed by atoms with van der Waals surface area (Å²) in [5, 5.41) is 5.60. The smallest absolute Gasteiger partial charge is 0.251 e. The van der Waals surface area contributed by atoms with Crippen LogP contribution in [0, 0.1) is 0 Å². The topological polar surface area (TPSA) is 98.8 Å². The lowest BCUT2D eigenvalue weighted by atomic mass is 10.0. The molecule has 0 spiro atoms. The Morgan fingerprint density at radius 1 is 1.14 bits per heavy atom. The quantitative estimate of drug-likeness (QED) is 0.575. The second-order valence-electron chi connectivity index (χ2n) is 8.70. The van der Waals surface area contributed by atoms with E-state index in [2.05, 4.69) is 10.6 Å². The Bertz CT molecular complexity index is 1160. The maximum atomic E-state index is 14.1. The Balaban J connectivity index is 1.76. The molecule has 1 fully saturated rings. The highest BCUT2D eigenvalue weighted by Gasteiger charge is 2.42. The van der Waals surface area contributed by atoms with Gasteiger partial charge < -0.3 is 20.4 Å². The number of carbonyl (C=O) groups excluding carboxylic acids is 4. The summed E-state index contributed by atoms with van der Waals surface area (Å²) in [7, 11) is 0. The van der Waals surface area contributed by atoms with Crippen molar-refractivity contribution >= 4 is 52.7 Å². The molecule has 0 aliphatic carbocycles. The summed E-state index contributed by atoms with van der Waals surface area (Å²) >= 11 is 7.75. The zero-order chi connectivity index (χ0) is 25.8. The monoisotopic (exact) mass is 528 g/mol. The second kappa shape index (κ2) is 11.3. The van der Waals surface area contributed by atoms with Gasteiger partial charge in [-0.3, -0.25) is 19.2 Å². The van der Waals surface area contributed by atoms with E-state index in [-0.39, 0.29) is 24.8 Å². The number of benzene rings is 2. The van der Waals surface area contributed by atoms with Gasteiger partial charge >= 0.3 is 0 Å². The van der Waals surface area contributed by atoms with Crippen LogP contribution in [0.2, 0.25) is 5.02 Å². The summed E-state index contributed by atoms with van der Waals surface area (Å²) in [4.78, 5) is 55.9. The molecule has 0 aromatic heterocycles. The summed E-state index contributed by atoms with van der Waals surface area (Å²) in [5.74, 6) is -1.19. The fourth-order valence-corrected chi connectivity index (χ4v) is 6.12. The van der Waals surface area contributed by atoms with Gasteiger partial charge in [0.15, 0.2) is 0 Å². The van der Waals surface area contributed by atoms with Crippen molar-refractivity contribution in [1.82, 2.24) is 15.5 Å². The van der Waals surface area contributed by atoms with Gasteiger partial charge in [0.25, 0.3) is 5.91 Å². The van der Waals surface area contributed by atoms with E-state index < -0.39 is 29.1 Å². The summed E-state index contributed by atoms with van der Waals surface area (Å²) in [6.07, 6.45) is 0.636. The zero-order valence-electron chi connectivity index (χ0n) is 20.2. The van der Waals surface area contributed by atoms with Gasteiger partial charge in [-0.2, -0.15) is 0 Å². The van der Waals surface area contributed by atoms with Gasteiger partial charge in [-0.1, -0.05) is 41.9 Å². The number of likely N-dealkylation sites (N-methyl/N-ethyl adjacent to an activating group) is 1. The number of amides is 4. The number of anilines is 1. The van der Waals surface area contributed by atoms with Gasteiger partial charge in [-0.05, 0) is 44.0 Å². The van der Waals surface area contributed by atoms with Crippen molar-refractivity contribution in [3.63, 3.8) is 0 Å². The van der Waals surface area contributed by atoms with Crippen LogP contribution in [0.4, 0.5) is 5.69 Å². The minimum Gasteiger partial charge on any atom is -0.344 e. The van der Waals surface area contributed by atoms with Crippen molar-refractivity contribution in [2.45, 2.75) is 48.9 Å². The molecule has 0 unspecified atom stereocenters. The second-order valence-corrected chi connectivity index (χ2v) is 10.3. The third-order valence-corrected chi connectivity index (χ3v) is 8.06.